The number of amides is 1. The second-order valence-electron chi connectivity index (χ2n) is 9.14. The Balaban J connectivity index is 1.72. The maximum absolute atomic E-state index is 15.0. The van der Waals surface area contributed by atoms with E-state index in [4.69, 9.17) is 9.47 Å². The minimum atomic E-state index is -1.11. The number of halogens is 2. The molecule has 3 aromatic rings. The third-order valence-electron chi connectivity index (χ3n) is 7.04. The van der Waals surface area contributed by atoms with Gasteiger partial charge in [0.25, 0.3) is 0 Å². The van der Waals surface area contributed by atoms with Gasteiger partial charge in [-0.05, 0) is 54.6 Å². The van der Waals surface area contributed by atoms with E-state index in [2.05, 4.69) is 0 Å². The number of ketones is 1. The summed E-state index contributed by atoms with van der Waals surface area (Å²) in [6, 6.07) is 13.6. The fourth-order valence-corrected chi connectivity index (χ4v) is 6.23. The van der Waals surface area contributed by atoms with Crippen LogP contribution in [0.1, 0.15) is 42.0 Å². The summed E-state index contributed by atoms with van der Waals surface area (Å²) in [5.41, 5.74) is 1.14. The Morgan fingerprint density at radius 2 is 1.84 bits per heavy atom. The topological polar surface area (TPSA) is 72.9 Å². The van der Waals surface area contributed by atoms with E-state index in [1.807, 2.05) is 17.5 Å². The Bertz CT molecular complexity index is 1420. The maximum atomic E-state index is 15.0. The average molecular weight is 538 g/mol. The van der Waals surface area contributed by atoms with Crippen molar-refractivity contribution in [3.05, 3.63) is 93.3 Å². The van der Waals surface area contributed by atoms with Crippen molar-refractivity contribution in [3.63, 3.8) is 0 Å². The number of nitrogens with zero attached hydrogens (tertiary/aromatic N) is 1. The number of ether oxygens (including phenoxy) is 2. The summed E-state index contributed by atoms with van der Waals surface area (Å²) in [6.07, 6.45) is -0.00673. The summed E-state index contributed by atoms with van der Waals surface area (Å²) in [5.74, 6) is -4.97. The Morgan fingerprint density at radius 1 is 1.08 bits per heavy atom. The van der Waals surface area contributed by atoms with Gasteiger partial charge in [-0.1, -0.05) is 18.2 Å². The lowest BCUT2D eigenvalue weighted by Crippen LogP contribution is -2.46. The quantitative estimate of drug-likeness (QED) is 0.296. The predicted molar refractivity (Wildman–Crippen MR) is 138 cm³/mol. The number of benzene rings is 2. The van der Waals surface area contributed by atoms with Gasteiger partial charge >= 0.3 is 5.97 Å². The highest BCUT2D eigenvalue weighted by molar-refractivity contribution is 7.10. The van der Waals surface area contributed by atoms with Gasteiger partial charge in [-0.3, -0.25) is 19.3 Å². The minimum Gasteiger partial charge on any atom is -0.497 e. The van der Waals surface area contributed by atoms with E-state index >= 15 is 4.39 Å². The Kier molecular flexibility index (Phi) is 7.12. The molecule has 1 aliphatic carbocycles. The molecular weight excluding hydrogens is 512 g/mol. The standard InChI is InChI=1S/C29H25F2NO5S/c1-3-37-29(35)27-20(24-5-4-12-38-24)14-23-26(28(27)34)19(16-6-9-18(36-2)10-7-16)15-25(33)32(23)22-11-8-17(30)13-21(22)31/h4-13,19-20,27H,3,14-15H2,1-2H3. The smallest absolute Gasteiger partial charge is 0.317 e. The molecule has 3 unspecified atom stereocenters. The molecule has 0 spiro atoms. The van der Waals surface area contributed by atoms with Gasteiger partial charge in [-0.25, -0.2) is 8.78 Å². The van der Waals surface area contributed by atoms with Crippen LogP contribution < -0.4 is 9.64 Å². The Hall–Kier alpha value is -3.85. The van der Waals surface area contributed by atoms with Crippen LogP contribution in [0.5, 0.6) is 5.75 Å². The number of carbonyl (C=O) groups excluding carboxylic acids is 3. The van der Waals surface area contributed by atoms with E-state index in [-0.39, 0.29) is 30.7 Å². The van der Waals surface area contributed by atoms with Crippen molar-refractivity contribution in [2.75, 3.05) is 18.6 Å². The van der Waals surface area contributed by atoms with Gasteiger partial charge in [-0.15, -0.1) is 11.3 Å². The summed E-state index contributed by atoms with van der Waals surface area (Å²) in [5, 5.41) is 1.84. The molecule has 0 N–H and O–H groups in total. The van der Waals surface area contributed by atoms with Crippen molar-refractivity contribution in [2.45, 2.75) is 31.6 Å². The second kappa shape index (κ2) is 10.5. The van der Waals surface area contributed by atoms with Crippen LogP contribution in [0.2, 0.25) is 0 Å². The van der Waals surface area contributed by atoms with E-state index in [0.29, 0.717) is 23.1 Å². The minimum absolute atomic E-state index is 0.110. The molecule has 2 heterocycles. The van der Waals surface area contributed by atoms with Crippen molar-refractivity contribution >= 4 is 34.7 Å². The van der Waals surface area contributed by atoms with Crippen molar-refractivity contribution in [3.8, 4) is 5.75 Å². The monoisotopic (exact) mass is 537 g/mol. The van der Waals surface area contributed by atoms with Crippen LogP contribution in [0.4, 0.5) is 14.5 Å². The van der Waals surface area contributed by atoms with Crippen LogP contribution in [0.25, 0.3) is 0 Å². The number of methoxy groups -OCH3 is 1. The Morgan fingerprint density at radius 3 is 2.47 bits per heavy atom. The summed E-state index contributed by atoms with van der Waals surface area (Å²) in [4.78, 5) is 43.0. The maximum Gasteiger partial charge on any atom is 0.317 e. The lowest BCUT2D eigenvalue weighted by molar-refractivity contribution is -0.152. The molecule has 9 heteroatoms. The molecule has 2 aliphatic rings. The van der Waals surface area contributed by atoms with Gasteiger partial charge in [0, 0.05) is 40.5 Å². The number of carbonyl (C=O) groups is 3. The van der Waals surface area contributed by atoms with E-state index in [1.165, 1.54) is 29.4 Å². The highest BCUT2D eigenvalue weighted by Crippen LogP contribution is 2.50. The van der Waals surface area contributed by atoms with Gasteiger partial charge in [0.2, 0.25) is 5.91 Å². The highest BCUT2D eigenvalue weighted by atomic mass is 32.1. The van der Waals surface area contributed by atoms with Crippen molar-refractivity contribution < 1.29 is 32.6 Å². The SMILES string of the molecule is CCOC(=O)C1C(=O)C2=C(CC1c1cccs1)N(c1ccc(F)cc1F)C(=O)CC2c1ccc(OC)cc1. The van der Waals surface area contributed by atoms with Crippen molar-refractivity contribution in [1.82, 2.24) is 0 Å². The zero-order valence-electron chi connectivity index (χ0n) is 20.8. The normalized spacial score (nSPS) is 21.4. The van der Waals surface area contributed by atoms with E-state index in [0.717, 1.165) is 10.9 Å². The predicted octanol–water partition coefficient (Wildman–Crippen LogP) is 5.75. The number of allylic oxidation sites excluding steroid dienone is 2. The molecule has 0 saturated heterocycles. The number of anilines is 1. The van der Waals surface area contributed by atoms with E-state index in [1.54, 1.807) is 31.2 Å². The molecule has 196 valence electrons. The molecule has 0 bridgehead atoms. The summed E-state index contributed by atoms with van der Waals surface area (Å²) in [6.45, 7) is 1.79. The van der Waals surface area contributed by atoms with Gasteiger partial charge in [0.1, 0.15) is 23.3 Å². The lowest BCUT2D eigenvalue weighted by Gasteiger charge is -2.42. The third-order valence-corrected chi connectivity index (χ3v) is 8.04. The average Bonchev–Trinajstić information content (AvgIpc) is 3.44. The molecule has 38 heavy (non-hydrogen) atoms. The van der Waals surface area contributed by atoms with Crippen LogP contribution in [0.15, 0.2) is 71.2 Å². The first kappa shape index (κ1) is 25.8. The molecule has 1 aliphatic heterocycles. The number of hydrogen-bond donors (Lipinski definition) is 0. The first-order chi connectivity index (χ1) is 18.3. The number of hydrogen-bond acceptors (Lipinski definition) is 6. The number of esters is 1. The largest absolute Gasteiger partial charge is 0.497 e. The van der Waals surface area contributed by atoms with Crippen LogP contribution in [0.3, 0.4) is 0 Å². The zero-order chi connectivity index (χ0) is 27.0. The first-order valence-electron chi connectivity index (χ1n) is 12.2. The summed E-state index contributed by atoms with van der Waals surface area (Å²) in [7, 11) is 1.54. The van der Waals surface area contributed by atoms with Crippen LogP contribution in [0, 0.1) is 17.6 Å². The number of Topliss-reactive ketones (excluding diaryl/α,β-unsaturated/α-hetero) is 1. The van der Waals surface area contributed by atoms with Gasteiger partial charge in [-0.2, -0.15) is 0 Å². The molecule has 0 fully saturated rings. The lowest BCUT2D eigenvalue weighted by atomic mass is 9.69. The third kappa shape index (κ3) is 4.51. The van der Waals surface area contributed by atoms with Crippen LogP contribution in [-0.2, 0) is 19.1 Å². The van der Waals surface area contributed by atoms with Crippen molar-refractivity contribution in [1.29, 1.82) is 0 Å². The molecule has 1 aromatic heterocycles. The second-order valence-corrected chi connectivity index (χ2v) is 10.1. The number of thiophene rings is 1. The van der Waals surface area contributed by atoms with Gasteiger partial charge < -0.3 is 9.47 Å². The molecule has 5 rings (SSSR count). The van der Waals surface area contributed by atoms with Gasteiger partial charge in [0.05, 0.1) is 19.4 Å². The fraction of sp³-hybridized carbons (Fsp3) is 0.276. The first-order valence-corrected chi connectivity index (χ1v) is 13.1. The number of rotatable bonds is 6. The van der Waals surface area contributed by atoms with Crippen molar-refractivity contribution in [2.24, 2.45) is 5.92 Å². The Labute approximate surface area is 222 Å². The highest BCUT2D eigenvalue weighted by Gasteiger charge is 2.50. The van der Waals surface area contributed by atoms with E-state index < -0.39 is 47.0 Å². The molecular formula is C29H25F2NO5S. The fourth-order valence-electron chi connectivity index (χ4n) is 5.37. The molecule has 1 amide bonds. The van der Waals surface area contributed by atoms with Crippen LogP contribution in [-0.4, -0.2) is 31.4 Å². The summed E-state index contributed by atoms with van der Waals surface area (Å²) >= 11 is 1.39. The summed E-state index contributed by atoms with van der Waals surface area (Å²) < 4.78 is 39.3. The molecule has 3 atom stereocenters. The molecule has 6 nitrogen and oxygen atoms in total. The zero-order valence-corrected chi connectivity index (χ0v) is 21.6. The molecule has 2 aromatic carbocycles. The van der Waals surface area contributed by atoms with E-state index in [9.17, 15) is 18.8 Å². The molecule has 0 radical (unpaired) electrons. The van der Waals surface area contributed by atoms with Gasteiger partial charge in [0.15, 0.2) is 5.78 Å². The van der Waals surface area contributed by atoms with Crippen LogP contribution >= 0.6 is 11.3 Å². The molecule has 0 saturated carbocycles.